The molecule has 0 aromatic heterocycles. The van der Waals surface area contributed by atoms with Crippen molar-refractivity contribution in [1.29, 1.82) is 0 Å². The van der Waals surface area contributed by atoms with Crippen molar-refractivity contribution in [1.82, 2.24) is 0 Å². The van der Waals surface area contributed by atoms with E-state index in [0.29, 0.717) is 11.4 Å². The topological polar surface area (TPSA) is 64.6 Å². The normalized spacial score (nSPS) is 11.3. The van der Waals surface area contributed by atoms with Gasteiger partial charge in [-0.15, -0.1) is 0 Å². The predicted molar refractivity (Wildman–Crippen MR) is 72.8 cm³/mol. The maximum atomic E-state index is 12.0. The molecule has 0 atom stereocenters. The molecule has 0 amide bonds. The monoisotopic (exact) mass is 317 g/mol. The number of ether oxygens (including phenoxy) is 2. The molecule has 8 heteroatoms. The molecule has 1 N–H and O–H groups in total. The Morgan fingerprint density at radius 3 is 2.50 bits per heavy atom. The number of hydrogen-bond acceptors (Lipinski definition) is 5. The minimum absolute atomic E-state index is 0.223. The zero-order chi connectivity index (χ0) is 16.8. The van der Waals surface area contributed by atoms with Crippen molar-refractivity contribution in [3.63, 3.8) is 0 Å². The third kappa shape index (κ3) is 5.47. The van der Waals surface area contributed by atoms with Gasteiger partial charge in [0.05, 0.1) is 25.5 Å². The summed E-state index contributed by atoms with van der Waals surface area (Å²) in [4.78, 5) is 22.5. The molecular weight excluding hydrogens is 303 g/mol. The highest BCUT2D eigenvalue weighted by atomic mass is 19.4. The lowest BCUT2D eigenvalue weighted by Gasteiger charge is -2.09. The Hall–Kier alpha value is -2.51. The van der Waals surface area contributed by atoms with E-state index in [0.717, 1.165) is 12.3 Å². The first-order valence-corrected chi connectivity index (χ1v) is 6.06. The summed E-state index contributed by atoms with van der Waals surface area (Å²) >= 11 is 0. The molecule has 0 unspecified atom stereocenters. The summed E-state index contributed by atoms with van der Waals surface area (Å²) < 4.78 is 45.6. The van der Waals surface area contributed by atoms with Gasteiger partial charge < -0.3 is 14.8 Å². The lowest BCUT2D eigenvalue weighted by atomic mass is 10.2. The van der Waals surface area contributed by atoms with E-state index in [2.05, 4.69) is 10.1 Å². The number of halogens is 3. The van der Waals surface area contributed by atoms with Gasteiger partial charge in [-0.2, -0.15) is 13.2 Å². The van der Waals surface area contributed by atoms with Crippen LogP contribution in [0.4, 0.5) is 18.9 Å². The first-order chi connectivity index (χ1) is 10.3. The van der Waals surface area contributed by atoms with E-state index in [1.54, 1.807) is 0 Å². The number of nitrogens with one attached hydrogen (secondary N) is 1. The third-order valence-electron chi connectivity index (χ3n) is 2.50. The van der Waals surface area contributed by atoms with E-state index >= 15 is 0 Å². The molecule has 0 aliphatic heterocycles. The number of anilines is 1. The number of carbonyl (C=O) groups excluding carboxylic acids is 2. The molecule has 0 aliphatic carbocycles. The van der Waals surface area contributed by atoms with E-state index in [-0.39, 0.29) is 5.56 Å². The summed E-state index contributed by atoms with van der Waals surface area (Å²) in [5.74, 6) is -1.33. The summed E-state index contributed by atoms with van der Waals surface area (Å²) in [6, 6.07) is 4.34. The van der Waals surface area contributed by atoms with Gasteiger partial charge in [0.2, 0.25) is 0 Å². The molecule has 22 heavy (non-hydrogen) atoms. The zero-order valence-electron chi connectivity index (χ0n) is 11.9. The summed E-state index contributed by atoms with van der Waals surface area (Å²) in [5, 5.41) is 2.60. The highest BCUT2D eigenvalue weighted by Crippen LogP contribution is 2.26. The number of allylic oxidation sites excluding steroid dienone is 1. The molecule has 0 saturated carbocycles. The summed E-state index contributed by atoms with van der Waals surface area (Å²) in [7, 11) is 2.60. The van der Waals surface area contributed by atoms with E-state index in [1.165, 1.54) is 32.4 Å². The quantitative estimate of drug-likeness (QED) is 0.645. The minimum Gasteiger partial charge on any atom is -0.495 e. The van der Waals surface area contributed by atoms with Crippen molar-refractivity contribution in [3.05, 3.63) is 36.0 Å². The third-order valence-corrected chi connectivity index (χ3v) is 2.50. The highest BCUT2D eigenvalue weighted by Gasteiger charge is 2.29. The Labute approximate surface area is 124 Å². The Kier molecular flexibility index (Phi) is 5.97. The number of benzene rings is 1. The van der Waals surface area contributed by atoms with E-state index < -0.39 is 24.3 Å². The molecule has 0 radical (unpaired) electrons. The Balaban J connectivity index is 2.83. The molecular formula is C14H14F3NO4. The van der Waals surface area contributed by atoms with Crippen LogP contribution in [0.3, 0.4) is 0 Å². The van der Waals surface area contributed by atoms with Crippen LogP contribution in [-0.4, -0.2) is 32.1 Å². The molecule has 0 aliphatic rings. The molecule has 1 aromatic rings. The lowest BCUT2D eigenvalue weighted by Crippen LogP contribution is -2.13. The van der Waals surface area contributed by atoms with Crippen LogP contribution < -0.4 is 10.1 Å². The SMILES string of the molecule is COC(=O)c1ccc(OC)c(N/C=C/C(=O)CC(F)(F)F)c1. The van der Waals surface area contributed by atoms with Crippen molar-refractivity contribution >= 4 is 17.4 Å². The molecule has 0 saturated heterocycles. The fourth-order valence-corrected chi connectivity index (χ4v) is 1.55. The van der Waals surface area contributed by atoms with Gasteiger partial charge in [-0.1, -0.05) is 0 Å². The Morgan fingerprint density at radius 1 is 1.27 bits per heavy atom. The van der Waals surface area contributed by atoms with Crippen LogP contribution in [0.25, 0.3) is 0 Å². The summed E-state index contributed by atoms with van der Waals surface area (Å²) in [6.45, 7) is 0. The van der Waals surface area contributed by atoms with Crippen LogP contribution in [0.5, 0.6) is 5.75 Å². The van der Waals surface area contributed by atoms with Gasteiger partial charge in [-0.05, 0) is 24.3 Å². The summed E-state index contributed by atoms with van der Waals surface area (Å²) in [5.41, 5.74) is 0.530. The first kappa shape index (κ1) is 17.5. The predicted octanol–water partition coefficient (Wildman–Crippen LogP) is 2.93. The number of rotatable bonds is 6. The maximum absolute atomic E-state index is 12.0. The molecule has 0 heterocycles. The number of hydrogen-bond donors (Lipinski definition) is 1. The van der Waals surface area contributed by atoms with Gasteiger partial charge in [-0.25, -0.2) is 4.79 Å². The number of methoxy groups -OCH3 is 2. The molecule has 1 rings (SSSR count). The van der Waals surface area contributed by atoms with Crippen molar-refractivity contribution in [2.75, 3.05) is 19.5 Å². The van der Waals surface area contributed by atoms with Gasteiger partial charge in [-0.3, -0.25) is 4.79 Å². The standard InChI is InChI=1S/C14H14F3NO4/c1-21-12-4-3-9(13(20)22-2)7-11(12)18-6-5-10(19)8-14(15,16)17/h3-7,18H,8H2,1-2H3/b6-5+. The average molecular weight is 317 g/mol. The molecule has 5 nitrogen and oxygen atoms in total. The average Bonchev–Trinajstić information content (AvgIpc) is 2.44. The largest absolute Gasteiger partial charge is 0.495 e. The van der Waals surface area contributed by atoms with Crippen molar-refractivity contribution in [3.8, 4) is 5.75 Å². The molecule has 1 aromatic carbocycles. The molecule has 0 spiro atoms. The molecule has 0 fully saturated rings. The maximum Gasteiger partial charge on any atom is 0.396 e. The van der Waals surface area contributed by atoms with Gasteiger partial charge in [0.15, 0.2) is 5.78 Å². The zero-order valence-corrected chi connectivity index (χ0v) is 11.9. The van der Waals surface area contributed by atoms with Crippen LogP contribution in [0.1, 0.15) is 16.8 Å². The number of carbonyl (C=O) groups is 2. The van der Waals surface area contributed by atoms with Gasteiger partial charge >= 0.3 is 12.1 Å². The minimum atomic E-state index is -4.55. The second kappa shape index (κ2) is 7.48. The van der Waals surface area contributed by atoms with Crippen LogP contribution in [-0.2, 0) is 9.53 Å². The van der Waals surface area contributed by atoms with Crippen molar-refractivity contribution in [2.24, 2.45) is 0 Å². The Bertz CT molecular complexity index is 582. The van der Waals surface area contributed by atoms with E-state index in [9.17, 15) is 22.8 Å². The number of esters is 1. The van der Waals surface area contributed by atoms with Crippen molar-refractivity contribution < 1.29 is 32.2 Å². The number of ketones is 1. The van der Waals surface area contributed by atoms with Crippen molar-refractivity contribution in [2.45, 2.75) is 12.6 Å². The second-order valence-electron chi connectivity index (χ2n) is 4.14. The van der Waals surface area contributed by atoms with Gasteiger partial charge in [0, 0.05) is 6.20 Å². The first-order valence-electron chi connectivity index (χ1n) is 6.06. The molecule has 0 bridgehead atoms. The van der Waals surface area contributed by atoms with Crippen LogP contribution in [0.2, 0.25) is 0 Å². The summed E-state index contributed by atoms with van der Waals surface area (Å²) in [6.07, 6.45) is -4.28. The van der Waals surface area contributed by atoms with Gasteiger partial charge in [0.25, 0.3) is 0 Å². The highest BCUT2D eigenvalue weighted by molar-refractivity contribution is 5.92. The van der Waals surface area contributed by atoms with Gasteiger partial charge in [0.1, 0.15) is 12.2 Å². The fraction of sp³-hybridized carbons (Fsp3) is 0.286. The van der Waals surface area contributed by atoms with Crippen LogP contribution >= 0.6 is 0 Å². The van der Waals surface area contributed by atoms with E-state index in [4.69, 9.17) is 4.74 Å². The number of alkyl halides is 3. The Morgan fingerprint density at radius 2 is 1.95 bits per heavy atom. The van der Waals surface area contributed by atoms with E-state index in [1.807, 2.05) is 0 Å². The fourth-order valence-electron chi connectivity index (χ4n) is 1.55. The van der Waals surface area contributed by atoms with Crippen LogP contribution in [0.15, 0.2) is 30.5 Å². The van der Waals surface area contributed by atoms with Crippen LogP contribution in [0, 0.1) is 0 Å². The second-order valence-corrected chi connectivity index (χ2v) is 4.14. The smallest absolute Gasteiger partial charge is 0.396 e. The molecule has 120 valence electrons. The lowest BCUT2D eigenvalue weighted by molar-refractivity contribution is -0.148.